The van der Waals surface area contributed by atoms with Gasteiger partial charge in [-0.1, -0.05) is 12.1 Å². The number of aromatic nitrogens is 1. The number of fused-ring (bicyclic) bond motifs is 1. The Morgan fingerprint density at radius 3 is 2.90 bits per heavy atom. The summed E-state index contributed by atoms with van der Waals surface area (Å²) in [5.74, 6) is 0. The molecule has 1 aromatic carbocycles. The lowest BCUT2D eigenvalue weighted by atomic mass is 10.0. The highest BCUT2D eigenvalue weighted by atomic mass is 16.5. The summed E-state index contributed by atoms with van der Waals surface area (Å²) < 4.78 is 8.26. The van der Waals surface area contributed by atoms with Gasteiger partial charge in [0.1, 0.15) is 0 Å². The van der Waals surface area contributed by atoms with Crippen LogP contribution in [0.4, 0.5) is 0 Å². The number of nitrogens with zero attached hydrogens (tertiary/aromatic N) is 1. The van der Waals surface area contributed by atoms with Crippen LogP contribution in [0.25, 0.3) is 10.9 Å². The normalized spacial score (nSPS) is 24.4. The van der Waals surface area contributed by atoms with Crippen molar-refractivity contribution in [2.24, 2.45) is 5.73 Å². The quantitative estimate of drug-likeness (QED) is 0.929. The Morgan fingerprint density at radius 2 is 2.20 bits per heavy atom. The zero-order valence-corrected chi connectivity index (χ0v) is 12.4. The summed E-state index contributed by atoms with van der Waals surface area (Å²) in [5.41, 5.74) is 8.58. The highest BCUT2D eigenvalue weighted by Crippen LogP contribution is 2.25. The Balaban J connectivity index is 1.85. The van der Waals surface area contributed by atoms with Gasteiger partial charge in [0.2, 0.25) is 0 Å². The van der Waals surface area contributed by atoms with Crippen molar-refractivity contribution in [3.63, 3.8) is 0 Å². The van der Waals surface area contributed by atoms with Gasteiger partial charge in [-0.3, -0.25) is 0 Å². The molecular formula is C17H24N2O. The summed E-state index contributed by atoms with van der Waals surface area (Å²) >= 11 is 0. The second-order valence-corrected chi connectivity index (χ2v) is 6.15. The molecule has 0 radical (unpaired) electrons. The van der Waals surface area contributed by atoms with Crippen molar-refractivity contribution in [1.29, 1.82) is 0 Å². The maximum atomic E-state index is 5.94. The fourth-order valence-electron chi connectivity index (χ4n) is 3.21. The molecule has 1 aromatic heterocycles. The summed E-state index contributed by atoms with van der Waals surface area (Å²) in [4.78, 5) is 0. The molecule has 108 valence electrons. The molecule has 20 heavy (non-hydrogen) atoms. The van der Waals surface area contributed by atoms with Gasteiger partial charge in [-0.2, -0.15) is 0 Å². The molecule has 0 aliphatic carbocycles. The van der Waals surface area contributed by atoms with Gasteiger partial charge < -0.3 is 15.0 Å². The second-order valence-electron chi connectivity index (χ2n) is 6.15. The first kappa shape index (κ1) is 13.7. The van der Waals surface area contributed by atoms with Gasteiger partial charge in [0.15, 0.2) is 0 Å². The minimum absolute atomic E-state index is 0.197. The van der Waals surface area contributed by atoms with Crippen LogP contribution in [0.5, 0.6) is 0 Å². The van der Waals surface area contributed by atoms with Crippen LogP contribution in [0.15, 0.2) is 30.5 Å². The van der Waals surface area contributed by atoms with Crippen molar-refractivity contribution < 1.29 is 4.74 Å². The number of ether oxygens (including phenoxy) is 1. The lowest BCUT2D eigenvalue weighted by Crippen LogP contribution is -2.18. The topological polar surface area (TPSA) is 40.2 Å². The minimum atomic E-state index is 0.197. The largest absolute Gasteiger partial charge is 0.373 e. The van der Waals surface area contributed by atoms with Gasteiger partial charge in [-0.05, 0) is 50.8 Å². The van der Waals surface area contributed by atoms with Crippen LogP contribution >= 0.6 is 0 Å². The van der Waals surface area contributed by atoms with Crippen LogP contribution in [-0.4, -0.2) is 22.8 Å². The van der Waals surface area contributed by atoms with Crippen LogP contribution in [0.2, 0.25) is 0 Å². The van der Waals surface area contributed by atoms with Crippen LogP contribution in [0.3, 0.4) is 0 Å². The third-order valence-corrected chi connectivity index (χ3v) is 4.17. The van der Waals surface area contributed by atoms with Crippen molar-refractivity contribution in [3.8, 4) is 0 Å². The third-order valence-electron chi connectivity index (χ3n) is 4.17. The lowest BCUT2D eigenvalue weighted by molar-refractivity contribution is 0.0465. The number of nitrogens with two attached hydrogens (primary N) is 1. The molecule has 0 saturated carbocycles. The first-order valence-corrected chi connectivity index (χ1v) is 7.61. The summed E-state index contributed by atoms with van der Waals surface area (Å²) in [7, 11) is 0. The third kappa shape index (κ3) is 2.74. The molecule has 0 spiro atoms. The van der Waals surface area contributed by atoms with E-state index in [4.69, 9.17) is 10.5 Å². The molecular weight excluding hydrogens is 248 g/mol. The van der Waals surface area contributed by atoms with Gasteiger partial charge in [0.25, 0.3) is 0 Å². The molecule has 1 aliphatic heterocycles. The first-order chi connectivity index (χ1) is 9.63. The van der Waals surface area contributed by atoms with Crippen molar-refractivity contribution in [3.05, 3.63) is 36.0 Å². The monoisotopic (exact) mass is 272 g/mol. The van der Waals surface area contributed by atoms with Crippen LogP contribution in [0, 0.1) is 0 Å². The Hall–Kier alpha value is -1.32. The minimum Gasteiger partial charge on any atom is -0.373 e. The fourth-order valence-corrected chi connectivity index (χ4v) is 3.21. The molecule has 0 bridgehead atoms. The van der Waals surface area contributed by atoms with E-state index in [9.17, 15) is 0 Å². The molecule has 0 amide bonds. The Morgan fingerprint density at radius 1 is 1.35 bits per heavy atom. The van der Waals surface area contributed by atoms with Crippen LogP contribution in [0.1, 0.15) is 32.3 Å². The predicted octanol–water partition coefficient (Wildman–Crippen LogP) is 3.10. The second kappa shape index (κ2) is 5.58. The Labute approximate surface area is 120 Å². The summed E-state index contributed by atoms with van der Waals surface area (Å²) in [6.07, 6.45) is 6.23. The molecule has 3 nitrogen and oxygen atoms in total. The highest BCUT2D eigenvalue weighted by Gasteiger charge is 2.22. The summed E-state index contributed by atoms with van der Waals surface area (Å²) in [6, 6.07) is 8.92. The zero-order chi connectivity index (χ0) is 14.1. The first-order valence-electron chi connectivity index (χ1n) is 7.61. The van der Waals surface area contributed by atoms with E-state index in [2.05, 4.69) is 48.9 Å². The van der Waals surface area contributed by atoms with E-state index >= 15 is 0 Å². The highest BCUT2D eigenvalue weighted by molar-refractivity contribution is 5.83. The number of benzene rings is 1. The van der Waals surface area contributed by atoms with Crippen molar-refractivity contribution in [1.82, 2.24) is 4.57 Å². The van der Waals surface area contributed by atoms with E-state index < -0.39 is 0 Å². The van der Waals surface area contributed by atoms with E-state index in [0.717, 1.165) is 13.0 Å². The predicted molar refractivity (Wildman–Crippen MR) is 82.9 cm³/mol. The van der Waals surface area contributed by atoms with Crippen LogP contribution in [-0.2, 0) is 17.7 Å². The number of hydrogen-bond acceptors (Lipinski definition) is 2. The molecule has 3 atom stereocenters. The van der Waals surface area contributed by atoms with Crippen molar-refractivity contribution in [2.45, 2.75) is 57.9 Å². The van der Waals surface area contributed by atoms with E-state index in [-0.39, 0.29) is 6.04 Å². The molecule has 3 unspecified atom stereocenters. The SMILES string of the molecule is CC(N)Cc1cccc2c1ccn2CC1CCC(C)O1. The molecule has 2 aromatic rings. The van der Waals surface area contributed by atoms with Gasteiger partial charge in [0.05, 0.1) is 12.2 Å². The van der Waals surface area contributed by atoms with Gasteiger partial charge in [-0.15, -0.1) is 0 Å². The fraction of sp³-hybridized carbons (Fsp3) is 0.529. The van der Waals surface area contributed by atoms with E-state index in [0.29, 0.717) is 12.2 Å². The smallest absolute Gasteiger partial charge is 0.0758 e. The average Bonchev–Trinajstić information content (AvgIpc) is 2.97. The van der Waals surface area contributed by atoms with Crippen molar-refractivity contribution in [2.75, 3.05) is 0 Å². The summed E-state index contributed by atoms with van der Waals surface area (Å²) in [5, 5.41) is 1.33. The molecule has 1 aliphatic rings. The number of hydrogen-bond donors (Lipinski definition) is 1. The molecule has 2 heterocycles. The molecule has 1 fully saturated rings. The molecule has 3 rings (SSSR count). The maximum absolute atomic E-state index is 5.94. The lowest BCUT2D eigenvalue weighted by Gasteiger charge is -2.14. The Kier molecular flexibility index (Phi) is 3.81. The zero-order valence-electron chi connectivity index (χ0n) is 12.4. The van der Waals surface area contributed by atoms with Gasteiger partial charge in [-0.25, -0.2) is 0 Å². The molecule has 3 heteroatoms. The van der Waals surface area contributed by atoms with Gasteiger partial charge >= 0.3 is 0 Å². The number of rotatable bonds is 4. The van der Waals surface area contributed by atoms with Crippen LogP contribution < -0.4 is 5.73 Å². The molecule has 1 saturated heterocycles. The summed E-state index contributed by atoms with van der Waals surface area (Å²) in [6.45, 7) is 5.17. The molecule has 2 N–H and O–H groups in total. The average molecular weight is 272 g/mol. The van der Waals surface area contributed by atoms with E-state index in [1.807, 2.05) is 0 Å². The standard InChI is InChI=1S/C17H24N2O/c1-12(18)10-14-4-3-5-17-16(14)8-9-19(17)11-15-7-6-13(2)20-15/h3-5,8-9,12-13,15H,6-7,10-11,18H2,1-2H3. The van der Waals surface area contributed by atoms with Gasteiger partial charge in [0, 0.05) is 29.7 Å². The van der Waals surface area contributed by atoms with E-state index in [1.165, 1.54) is 29.3 Å². The maximum Gasteiger partial charge on any atom is 0.0758 e. The van der Waals surface area contributed by atoms with Crippen molar-refractivity contribution >= 4 is 10.9 Å². The Bertz CT molecular complexity index is 588. The van der Waals surface area contributed by atoms with E-state index in [1.54, 1.807) is 0 Å².